The number of thioether (sulfide) groups is 1. The van der Waals surface area contributed by atoms with Gasteiger partial charge in [-0.2, -0.15) is 0 Å². The van der Waals surface area contributed by atoms with Gasteiger partial charge < -0.3 is 10.2 Å². The highest BCUT2D eigenvalue weighted by Crippen LogP contribution is 2.25. The first-order valence-electron chi connectivity index (χ1n) is 5.16. The van der Waals surface area contributed by atoms with Gasteiger partial charge in [-0.1, -0.05) is 27.5 Å². The number of hydrogen-bond acceptors (Lipinski definition) is 3. The monoisotopic (exact) mass is 348 g/mol. The second-order valence-corrected chi connectivity index (χ2v) is 6.02. The Hall–Kier alpha value is -0.720. The molecular weight excluding hydrogens is 340 g/mol. The van der Waals surface area contributed by atoms with Crippen molar-refractivity contribution in [1.29, 1.82) is 0 Å². The summed E-state index contributed by atoms with van der Waals surface area (Å²) < 4.78 is 0.844. The van der Waals surface area contributed by atoms with Gasteiger partial charge in [0.1, 0.15) is 6.54 Å². The quantitative estimate of drug-likeness (QED) is 0.912. The number of benzene rings is 1. The van der Waals surface area contributed by atoms with Crippen molar-refractivity contribution in [3.63, 3.8) is 0 Å². The van der Waals surface area contributed by atoms with E-state index >= 15 is 0 Å². The minimum Gasteiger partial charge on any atom is -0.323 e. The van der Waals surface area contributed by atoms with E-state index < -0.39 is 0 Å². The van der Waals surface area contributed by atoms with E-state index in [0.717, 1.165) is 4.47 Å². The van der Waals surface area contributed by atoms with E-state index in [1.807, 2.05) is 0 Å². The lowest BCUT2D eigenvalue weighted by molar-refractivity contribution is -0.130. The summed E-state index contributed by atoms with van der Waals surface area (Å²) in [6, 6.07) is 5.21. The van der Waals surface area contributed by atoms with Gasteiger partial charge in [-0.25, -0.2) is 0 Å². The van der Waals surface area contributed by atoms with Crippen LogP contribution in [0.4, 0.5) is 5.69 Å². The van der Waals surface area contributed by atoms with Crippen molar-refractivity contribution >= 4 is 56.8 Å². The van der Waals surface area contributed by atoms with Crippen LogP contribution in [0.2, 0.25) is 5.02 Å². The van der Waals surface area contributed by atoms with E-state index in [-0.39, 0.29) is 18.4 Å². The van der Waals surface area contributed by atoms with E-state index in [1.165, 1.54) is 16.7 Å². The largest absolute Gasteiger partial charge is 0.323 e. The summed E-state index contributed by atoms with van der Waals surface area (Å²) in [5.74, 6) is 0.777. The second kappa shape index (κ2) is 5.95. The normalized spacial score (nSPS) is 15.0. The van der Waals surface area contributed by atoms with E-state index in [4.69, 9.17) is 11.6 Å². The molecule has 0 radical (unpaired) electrons. The molecule has 0 atom stereocenters. The first-order valence-corrected chi connectivity index (χ1v) is 7.49. The molecule has 1 saturated heterocycles. The molecule has 1 aliphatic rings. The molecule has 2 rings (SSSR count). The molecule has 1 aromatic rings. The Morgan fingerprint density at radius 2 is 2.33 bits per heavy atom. The standard InChI is InChI=1S/C11H10BrClN2O2S/c12-7-1-2-9(8(13)3-7)14-10(16)4-15-6-18-5-11(15)17/h1-3H,4-6H2,(H,14,16). The summed E-state index contributed by atoms with van der Waals surface area (Å²) in [6.45, 7) is 0.0677. The molecule has 0 saturated carbocycles. The van der Waals surface area contributed by atoms with Crippen LogP contribution in [0, 0.1) is 0 Å². The Labute approximate surface area is 122 Å². The van der Waals surface area contributed by atoms with E-state index in [1.54, 1.807) is 18.2 Å². The molecule has 0 bridgehead atoms. The Balaban J connectivity index is 1.96. The first-order chi connectivity index (χ1) is 8.56. The number of halogens is 2. The Morgan fingerprint density at radius 3 is 2.94 bits per heavy atom. The van der Waals surface area contributed by atoms with Crippen LogP contribution in [-0.2, 0) is 9.59 Å². The van der Waals surface area contributed by atoms with Gasteiger partial charge in [0, 0.05) is 4.47 Å². The third kappa shape index (κ3) is 3.40. The predicted molar refractivity (Wildman–Crippen MR) is 76.8 cm³/mol. The average molecular weight is 350 g/mol. The van der Waals surface area contributed by atoms with Crippen LogP contribution >= 0.6 is 39.3 Å². The molecule has 0 aromatic heterocycles. The number of nitrogens with zero attached hydrogens (tertiary/aromatic N) is 1. The van der Waals surface area contributed by atoms with Crippen LogP contribution in [0.5, 0.6) is 0 Å². The molecule has 1 aromatic carbocycles. The molecule has 18 heavy (non-hydrogen) atoms. The van der Waals surface area contributed by atoms with Crippen molar-refractivity contribution < 1.29 is 9.59 Å². The maximum Gasteiger partial charge on any atom is 0.244 e. The minimum atomic E-state index is -0.241. The number of hydrogen-bond donors (Lipinski definition) is 1. The second-order valence-electron chi connectivity index (χ2n) is 3.74. The SMILES string of the molecule is O=C(CN1CSCC1=O)Nc1ccc(Br)cc1Cl. The van der Waals surface area contributed by atoms with Gasteiger partial charge in [0.15, 0.2) is 0 Å². The van der Waals surface area contributed by atoms with Gasteiger partial charge in [-0.05, 0) is 18.2 Å². The van der Waals surface area contributed by atoms with Crippen LogP contribution in [0.25, 0.3) is 0 Å². The Morgan fingerprint density at radius 1 is 1.56 bits per heavy atom. The number of carbonyl (C=O) groups excluding carboxylic acids is 2. The van der Waals surface area contributed by atoms with Gasteiger partial charge in [0.2, 0.25) is 11.8 Å². The first kappa shape index (κ1) is 13.7. The van der Waals surface area contributed by atoms with Crippen molar-refractivity contribution in [3.8, 4) is 0 Å². The van der Waals surface area contributed by atoms with Crippen molar-refractivity contribution in [3.05, 3.63) is 27.7 Å². The summed E-state index contributed by atoms with van der Waals surface area (Å²) in [4.78, 5) is 24.7. The van der Waals surface area contributed by atoms with E-state index in [0.29, 0.717) is 22.3 Å². The van der Waals surface area contributed by atoms with Crippen molar-refractivity contribution in [1.82, 2.24) is 4.90 Å². The maximum absolute atomic E-state index is 11.8. The summed E-state index contributed by atoms with van der Waals surface area (Å²) in [6.07, 6.45) is 0. The van der Waals surface area contributed by atoms with Crippen LogP contribution in [0.3, 0.4) is 0 Å². The summed E-state index contributed by atoms with van der Waals surface area (Å²) in [5, 5.41) is 3.15. The highest BCUT2D eigenvalue weighted by Gasteiger charge is 2.23. The van der Waals surface area contributed by atoms with Crippen LogP contribution < -0.4 is 5.32 Å². The fraction of sp³-hybridized carbons (Fsp3) is 0.273. The van der Waals surface area contributed by atoms with E-state index in [2.05, 4.69) is 21.2 Å². The zero-order chi connectivity index (χ0) is 13.1. The summed E-state index contributed by atoms with van der Waals surface area (Å²) in [5.41, 5.74) is 0.546. The van der Waals surface area contributed by atoms with Crippen LogP contribution in [0.15, 0.2) is 22.7 Å². The highest BCUT2D eigenvalue weighted by molar-refractivity contribution is 9.10. The predicted octanol–water partition coefficient (Wildman–Crippen LogP) is 2.57. The third-order valence-corrected chi connectivity index (χ3v) is 4.12. The van der Waals surface area contributed by atoms with Crippen LogP contribution in [0.1, 0.15) is 0 Å². The van der Waals surface area contributed by atoms with Crippen molar-refractivity contribution in [2.75, 3.05) is 23.5 Å². The molecule has 1 N–H and O–H groups in total. The van der Waals surface area contributed by atoms with E-state index in [9.17, 15) is 9.59 Å². The highest BCUT2D eigenvalue weighted by atomic mass is 79.9. The number of anilines is 1. The number of amides is 2. The van der Waals surface area contributed by atoms with Gasteiger partial charge in [-0.15, -0.1) is 11.8 Å². The zero-order valence-electron chi connectivity index (χ0n) is 9.28. The smallest absolute Gasteiger partial charge is 0.244 e. The Kier molecular flexibility index (Phi) is 4.53. The van der Waals surface area contributed by atoms with Gasteiger partial charge >= 0.3 is 0 Å². The van der Waals surface area contributed by atoms with Gasteiger partial charge in [0.05, 0.1) is 22.3 Å². The van der Waals surface area contributed by atoms with Gasteiger partial charge in [-0.3, -0.25) is 9.59 Å². The van der Waals surface area contributed by atoms with Crippen LogP contribution in [-0.4, -0.2) is 34.9 Å². The fourth-order valence-electron chi connectivity index (χ4n) is 1.49. The summed E-state index contributed by atoms with van der Waals surface area (Å²) >= 11 is 10.8. The average Bonchev–Trinajstić information content (AvgIpc) is 2.69. The lowest BCUT2D eigenvalue weighted by atomic mass is 10.3. The van der Waals surface area contributed by atoms with Crippen molar-refractivity contribution in [2.45, 2.75) is 0 Å². The number of carbonyl (C=O) groups is 2. The fourth-order valence-corrected chi connectivity index (χ4v) is 3.12. The molecule has 0 spiro atoms. The molecular formula is C11H10BrClN2O2S. The maximum atomic E-state index is 11.8. The molecule has 96 valence electrons. The third-order valence-electron chi connectivity index (χ3n) is 2.37. The molecule has 7 heteroatoms. The minimum absolute atomic E-state index is 0.00273. The lowest BCUT2D eigenvalue weighted by Crippen LogP contribution is -2.34. The topological polar surface area (TPSA) is 49.4 Å². The summed E-state index contributed by atoms with van der Waals surface area (Å²) in [7, 11) is 0. The molecule has 0 aliphatic carbocycles. The molecule has 4 nitrogen and oxygen atoms in total. The molecule has 0 unspecified atom stereocenters. The van der Waals surface area contributed by atoms with Gasteiger partial charge in [0.25, 0.3) is 0 Å². The van der Waals surface area contributed by atoms with Crippen molar-refractivity contribution in [2.24, 2.45) is 0 Å². The molecule has 1 aliphatic heterocycles. The number of rotatable bonds is 3. The number of nitrogens with one attached hydrogen (secondary N) is 1. The lowest BCUT2D eigenvalue weighted by Gasteiger charge is -2.14. The molecule has 2 amide bonds. The Bertz CT molecular complexity index is 498. The molecule has 1 heterocycles. The zero-order valence-corrected chi connectivity index (χ0v) is 12.4. The molecule has 1 fully saturated rings.